The molecule has 0 aromatic rings. The van der Waals surface area contributed by atoms with Crippen LogP contribution in [0.1, 0.15) is 26.7 Å². The molecule has 1 saturated heterocycles. The fourth-order valence-electron chi connectivity index (χ4n) is 0.971. The Bertz CT molecular complexity index is 190. The summed E-state index contributed by atoms with van der Waals surface area (Å²) in [6, 6.07) is 0. The molecule has 0 radical (unpaired) electrons. The lowest BCUT2D eigenvalue weighted by atomic mass is 10.3. The van der Waals surface area contributed by atoms with Crippen LogP contribution < -0.4 is 0 Å². The summed E-state index contributed by atoms with van der Waals surface area (Å²) in [5.41, 5.74) is 0.630. The van der Waals surface area contributed by atoms with Gasteiger partial charge in [-0.05, 0) is 20.3 Å². The molecule has 0 bridgehead atoms. The van der Waals surface area contributed by atoms with Gasteiger partial charge >= 0.3 is 5.97 Å². The zero-order valence-electron chi connectivity index (χ0n) is 7.50. The van der Waals surface area contributed by atoms with Crippen LogP contribution in [0, 0.1) is 0 Å². The van der Waals surface area contributed by atoms with Crippen LogP contribution in [0.2, 0.25) is 0 Å². The molecular formula is C9H14O3. The van der Waals surface area contributed by atoms with Crippen LogP contribution in [0.15, 0.2) is 11.6 Å². The maximum absolute atomic E-state index is 11.2. The molecule has 0 aromatic carbocycles. The van der Waals surface area contributed by atoms with Crippen molar-refractivity contribution < 1.29 is 14.3 Å². The lowest BCUT2D eigenvalue weighted by Gasteiger charge is -2.10. The average Bonchev–Trinajstić information content (AvgIpc) is 2.55. The first-order valence-electron chi connectivity index (χ1n) is 4.19. The average molecular weight is 170 g/mol. The molecule has 0 saturated carbocycles. The maximum Gasteiger partial charge on any atom is 0.335 e. The van der Waals surface area contributed by atoms with Crippen molar-refractivity contribution in [3.63, 3.8) is 0 Å². The van der Waals surface area contributed by atoms with Crippen LogP contribution in [-0.2, 0) is 14.3 Å². The van der Waals surface area contributed by atoms with Crippen LogP contribution in [0.3, 0.4) is 0 Å². The third-order valence-corrected chi connectivity index (χ3v) is 1.88. The highest BCUT2D eigenvalue weighted by atomic mass is 16.7. The van der Waals surface area contributed by atoms with Gasteiger partial charge in [-0.15, -0.1) is 0 Å². The number of carbonyl (C=O) groups excluding carboxylic acids is 1. The minimum absolute atomic E-state index is 0.274. The molecule has 1 aliphatic heterocycles. The predicted molar refractivity (Wildman–Crippen MR) is 44.5 cm³/mol. The number of ether oxygens (including phenoxy) is 2. The fourth-order valence-corrected chi connectivity index (χ4v) is 0.971. The zero-order chi connectivity index (χ0) is 8.97. The molecule has 0 N–H and O–H groups in total. The van der Waals surface area contributed by atoms with Crippen molar-refractivity contribution in [1.29, 1.82) is 0 Å². The van der Waals surface area contributed by atoms with E-state index < -0.39 is 0 Å². The van der Waals surface area contributed by atoms with Crippen LogP contribution in [0.5, 0.6) is 0 Å². The van der Waals surface area contributed by atoms with Gasteiger partial charge in [0.25, 0.3) is 0 Å². The summed E-state index contributed by atoms with van der Waals surface area (Å²) in [6.07, 6.45) is 3.22. The quantitative estimate of drug-likeness (QED) is 0.466. The highest BCUT2D eigenvalue weighted by molar-refractivity contribution is 5.87. The normalized spacial score (nSPS) is 24.2. The predicted octanol–water partition coefficient (Wildman–Crippen LogP) is 1.63. The molecule has 3 heteroatoms. The van der Waals surface area contributed by atoms with Crippen molar-refractivity contribution in [3.8, 4) is 0 Å². The number of esters is 1. The highest BCUT2D eigenvalue weighted by Crippen LogP contribution is 2.14. The molecule has 68 valence electrons. The molecule has 0 amide bonds. The van der Waals surface area contributed by atoms with E-state index in [0.29, 0.717) is 12.2 Å². The number of hydrogen-bond acceptors (Lipinski definition) is 3. The van der Waals surface area contributed by atoms with Gasteiger partial charge in [0.05, 0.1) is 6.61 Å². The fraction of sp³-hybridized carbons (Fsp3) is 0.667. The van der Waals surface area contributed by atoms with Crippen LogP contribution in [0.25, 0.3) is 0 Å². The Balaban J connectivity index is 2.35. The van der Waals surface area contributed by atoms with Gasteiger partial charge < -0.3 is 9.47 Å². The molecule has 1 unspecified atom stereocenters. The van der Waals surface area contributed by atoms with Crippen molar-refractivity contribution in [2.75, 3.05) is 6.61 Å². The standard InChI is InChI=1S/C9H14O3/c1-3-7(2)9(10)12-8-5-4-6-11-8/h3,8H,4-6H2,1-2H3. The summed E-state index contributed by atoms with van der Waals surface area (Å²) in [5.74, 6) is -0.274. The summed E-state index contributed by atoms with van der Waals surface area (Å²) < 4.78 is 10.2. The first-order valence-corrected chi connectivity index (χ1v) is 4.19. The van der Waals surface area contributed by atoms with Crippen molar-refractivity contribution in [2.45, 2.75) is 33.0 Å². The maximum atomic E-state index is 11.2. The van der Waals surface area contributed by atoms with Crippen molar-refractivity contribution in [3.05, 3.63) is 11.6 Å². The minimum atomic E-state index is -0.313. The zero-order valence-corrected chi connectivity index (χ0v) is 7.50. The molecule has 12 heavy (non-hydrogen) atoms. The molecular weight excluding hydrogens is 156 g/mol. The molecule has 0 aromatic heterocycles. The Morgan fingerprint density at radius 1 is 1.67 bits per heavy atom. The molecule has 3 nitrogen and oxygen atoms in total. The first-order chi connectivity index (χ1) is 5.74. The Hall–Kier alpha value is -0.830. The topological polar surface area (TPSA) is 35.5 Å². The molecule has 1 aliphatic rings. The van der Waals surface area contributed by atoms with Gasteiger partial charge in [0, 0.05) is 12.0 Å². The summed E-state index contributed by atoms with van der Waals surface area (Å²) in [7, 11) is 0. The van der Waals surface area contributed by atoms with Crippen molar-refractivity contribution >= 4 is 5.97 Å². The third kappa shape index (κ3) is 2.34. The molecule has 1 rings (SSSR count). The minimum Gasteiger partial charge on any atom is -0.432 e. The lowest BCUT2D eigenvalue weighted by Crippen LogP contribution is -2.17. The van der Waals surface area contributed by atoms with E-state index in [1.807, 2.05) is 6.92 Å². The van der Waals surface area contributed by atoms with Gasteiger partial charge in [-0.1, -0.05) is 6.08 Å². The third-order valence-electron chi connectivity index (χ3n) is 1.88. The van der Waals surface area contributed by atoms with Gasteiger partial charge in [-0.25, -0.2) is 4.79 Å². The monoisotopic (exact) mass is 170 g/mol. The first kappa shape index (κ1) is 9.26. The van der Waals surface area contributed by atoms with E-state index in [1.165, 1.54) is 0 Å². The van der Waals surface area contributed by atoms with Gasteiger partial charge in [-0.2, -0.15) is 0 Å². The number of hydrogen-bond donors (Lipinski definition) is 0. The molecule has 0 spiro atoms. The summed E-state index contributed by atoms with van der Waals surface area (Å²) >= 11 is 0. The molecule has 0 aliphatic carbocycles. The lowest BCUT2D eigenvalue weighted by molar-refractivity contribution is -0.164. The Kier molecular flexibility index (Phi) is 3.29. The van der Waals surface area contributed by atoms with Crippen molar-refractivity contribution in [2.24, 2.45) is 0 Å². The van der Waals surface area contributed by atoms with E-state index in [1.54, 1.807) is 13.0 Å². The molecule has 1 fully saturated rings. The van der Waals surface area contributed by atoms with Crippen LogP contribution >= 0.6 is 0 Å². The van der Waals surface area contributed by atoms with E-state index in [9.17, 15) is 4.79 Å². The number of allylic oxidation sites excluding steroid dienone is 1. The van der Waals surface area contributed by atoms with Gasteiger partial charge in [0.1, 0.15) is 0 Å². The Morgan fingerprint density at radius 3 is 2.92 bits per heavy atom. The number of rotatable bonds is 2. The second kappa shape index (κ2) is 4.26. The second-order valence-corrected chi connectivity index (χ2v) is 2.82. The molecule has 1 heterocycles. The SMILES string of the molecule is CC=C(C)C(=O)OC1CCCO1. The van der Waals surface area contributed by atoms with E-state index in [-0.39, 0.29) is 12.3 Å². The van der Waals surface area contributed by atoms with Gasteiger partial charge in [0.2, 0.25) is 6.29 Å². The van der Waals surface area contributed by atoms with Crippen LogP contribution in [-0.4, -0.2) is 18.9 Å². The summed E-state index contributed by atoms with van der Waals surface area (Å²) in [4.78, 5) is 11.2. The van der Waals surface area contributed by atoms with E-state index >= 15 is 0 Å². The number of carbonyl (C=O) groups is 1. The summed E-state index contributed by atoms with van der Waals surface area (Å²) in [6.45, 7) is 4.25. The van der Waals surface area contributed by atoms with E-state index in [0.717, 1.165) is 12.8 Å². The second-order valence-electron chi connectivity index (χ2n) is 2.82. The van der Waals surface area contributed by atoms with Gasteiger partial charge in [-0.3, -0.25) is 0 Å². The largest absolute Gasteiger partial charge is 0.432 e. The summed E-state index contributed by atoms with van der Waals surface area (Å²) in [5, 5.41) is 0. The van der Waals surface area contributed by atoms with E-state index in [4.69, 9.17) is 9.47 Å². The molecule has 1 atom stereocenters. The van der Waals surface area contributed by atoms with E-state index in [2.05, 4.69) is 0 Å². The van der Waals surface area contributed by atoms with Crippen LogP contribution in [0.4, 0.5) is 0 Å². The highest BCUT2D eigenvalue weighted by Gasteiger charge is 2.19. The smallest absolute Gasteiger partial charge is 0.335 e. The Labute approximate surface area is 72.4 Å². The van der Waals surface area contributed by atoms with Crippen molar-refractivity contribution in [1.82, 2.24) is 0 Å². The Morgan fingerprint density at radius 2 is 2.42 bits per heavy atom. The van der Waals surface area contributed by atoms with Gasteiger partial charge in [0.15, 0.2) is 0 Å².